The van der Waals surface area contributed by atoms with Gasteiger partial charge >= 0.3 is 0 Å². The fourth-order valence-electron chi connectivity index (χ4n) is 4.08. The number of anilines is 2. The van der Waals surface area contributed by atoms with Crippen molar-refractivity contribution >= 4 is 34.0 Å². The SMILES string of the molecule is Fc1cccc(COc2ccc(Nc3ncnc4ccc(C5CCCNC5)cc34)cc2Cl)n1. The Hall–Kier alpha value is -3.29. The Kier molecular flexibility index (Phi) is 6.32. The second-order valence-corrected chi connectivity index (χ2v) is 8.46. The van der Waals surface area contributed by atoms with E-state index in [4.69, 9.17) is 16.3 Å². The zero-order valence-electron chi connectivity index (χ0n) is 17.9. The van der Waals surface area contributed by atoms with E-state index < -0.39 is 5.95 Å². The number of piperidine rings is 1. The Morgan fingerprint density at radius 3 is 2.88 bits per heavy atom. The van der Waals surface area contributed by atoms with Crippen LogP contribution in [0.5, 0.6) is 5.75 Å². The minimum absolute atomic E-state index is 0.125. The van der Waals surface area contributed by atoms with Crippen molar-refractivity contribution in [2.24, 2.45) is 0 Å². The van der Waals surface area contributed by atoms with Crippen molar-refractivity contribution in [1.29, 1.82) is 0 Å². The number of ether oxygens (including phenoxy) is 1. The van der Waals surface area contributed by atoms with Gasteiger partial charge < -0.3 is 15.4 Å². The highest BCUT2D eigenvalue weighted by Crippen LogP contribution is 2.32. The number of benzene rings is 2. The summed E-state index contributed by atoms with van der Waals surface area (Å²) in [7, 11) is 0. The molecule has 1 saturated heterocycles. The molecule has 1 unspecified atom stereocenters. The summed E-state index contributed by atoms with van der Waals surface area (Å²) >= 11 is 6.44. The average Bonchev–Trinajstić information content (AvgIpc) is 2.84. The molecule has 3 heterocycles. The second-order valence-electron chi connectivity index (χ2n) is 8.05. The fourth-order valence-corrected chi connectivity index (χ4v) is 4.31. The first-order valence-electron chi connectivity index (χ1n) is 10.9. The molecule has 0 radical (unpaired) electrons. The molecule has 0 amide bonds. The molecule has 4 aromatic rings. The molecule has 0 bridgehead atoms. The van der Waals surface area contributed by atoms with Crippen LogP contribution in [0.2, 0.25) is 5.02 Å². The highest BCUT2D eigenvalue weighted by atomic mass is 35.5. The lowest BCUT2D eigenvalue weighted by Crippen LogP contribution is -2.28. The number of halogens is 2. The van der Waals surface area contributed by atoms with Crippen LogP contribution in [0.4, 0.5) is 15.9 Å². The van der Waals surface area contributed by atoms with Crippen LogP contribution in [-0.2, 0) is 6.61 Å². The van der Waals surface area contributed by atoms with E-state index in [2.05, 4.69) is 43.8 Å². The van der Waals surface area contributed by atoms with Crippen LogP contribution in [0.1, 0.15) is 30.0 Å². The van der Waals surface area contributed by atoms with Crippen LogP contribution in [-0.4, -0.2) is 28.0 Å². The summed E-state index contributed by atoms with van der Waals surface area (Å²) in [6, 6.07) is 16.4. The van der Waals surface area contributed by atoms with Crippen molar-refractivity contribution in [3.63, 3.8) is 0 Å². The lowest BCUT2D eigenvalue weighted by molar-refractivity contribution is 0.299. The maximum atomic E-state index is 13.3. The number of nitrogens with one attached hydrogen (secondary N) is 2. The van der Waals surface area contributed by atoms with Crippen molar-refractivity contribution in [1.82, 2.24) is 20.3 Å². The Morgan fingerprint density at radius 2 is 2.06 bits per heavy atom. The van der Waals surface area contributed by atoms with E-state index in [1.807, 2.05) is 6.07 Å². The summed E-state index contributed by atoms with van der Waals surface area (Å²) in [4.78, 5) is 12.7. The summed E-state index contributed by atoms with van der Waals surface area (Å²) in [5.41, 5.74) is 3.44. The first kappa shape index (κ1) is 21.6. The molecule has 2 N–H and O–H groups in total. The smallest absolute Gasteiger partial charge is 0.213 e. The molecule has 0 saturated carbocycles. The van der Waals surface area contributed by atoms with Gasteiger partial charge in [0, 0.05) is 17.6 Å². The summed E-state index contributed by atoms with van der Waals surface area (Å²) in [6.07, 6.45) is 3.91. The van der Waals surface area contributed by atoms with Gasteiger partial charge in [0.05, 0.1) is 16.2 Å². The molecular formula is C25H23ClFN5O. The number of fused-ring (bicyclic) bond motifs is 1. The minimum atomic E-state index is -0.540. The summed E-state index contributed by atoms with van der Waals surface area (Å²) in [5, 5.41) is 8.23. The van der Waals surface area contributed by atoms with Gasteiger partial charge in [-0.2, -0.15) is 4.39 Å². The first-order valence-corrected chi connectivity index (χ1v) is 11.3. The van der Waals surface area contributed by atoms with E-state index in [1.165, 1.54) is 24.5 Å². The predicted molar refractivity (Wildman–Crippen MR) is 128 cm³/mol. The Bertz CT molecular complexity index is 1280. The molecule has 0 spiro atoms. The second kappa shape index (κ2) is 9.68. The van der Waals surface area contributed by atoms with Gasteiger partial charge in [-0.1, -0.05) is 23.7 Å². The van der Waals surface area contributed by atoms with Gasteiger partial charge in [0.15, 0.2) is 0 Å². The van der Waals surface area contributed by atoms with E-state index in [1.54, 1.807) is 30.6 Å². The zero-order chi connectivity index (χ0) is 22.6. The van der Waals surface area contributed by atoms with Crippen LogP contribution < -0.4 is 15.4 Å². The summed E-state index contributed by atoms with van der Waals surface area (Å²) in [5.74, 6) is 1.17. The highest BCUT2D eigenvalue weighted by Gasteiger charge is 2.16. The van der Waals surface area contributed by atoms with Crippen molar-refractivity contribution in [3.05, 3.63) is 83.2 Å². The number of hydrogen-bond acceptors (Lipinski definition) is 6. The van der Waals surface area contributed by atoms with E-state index in [9.17, 15) is 4.39 Å². The molecule has 8 heteroatoms. The number of rotatable bonds is 6. The quantitative estimate of drug-likeness (QED) is 0.362. The van der Waals surface area contributed by atoms with Crippen LogP contribution in [0, 0.1) is 5.95 Å². The van der Waals surface area contributed by atoms with Crippen molar-refractivity contribution in [3.8, 4) is 5.75 Å². The van der Waals surface area contributed by atoms with Gasteiger partial charge in [-0.3, -0.25) is 0 Å². The predicted octanol–water partition coefficient (Wildman–Crippen LogP) is 5.61. The fraction of sp³-hybridized carbons (Fsp3) is 0.240. The summed E-state index contributed by atoms with van der Waals surface area (Å²) < 4.78 is 19.0. The standard InChI is InChI=1S/C25H23ClFN5O/c26-21-12-18(7-9-23(21)33-14-19-4-1-5-24(27)31-19)32-25-20-11-16(17-3-2-10-28-13-17)6-8-22(20)29-15-30-25/h1,4-9,11-12,15,17,28H,2-3,10,13-14H2,(H,29,30,32). The van der Waals surface area contributed by atoms with Crippen LogP contribution >= 0.6 is 11.6 Å². The third-order valence-corrected chi connectivity index (χ3v) is 6.07. The molecule has 6 nitrogen and oxygen atoms in total. The minimum Gasteiger partial charge on any atom is -0.486 e. The molecule has 0 aliphatic carbocycles. The van der Waals surface area contributed by atoms with Crippen molar-refractivity contribution < 1.29 is 9.13 Å². The number of aromatic nitrogens is 3. The third-order valence-electron chi connectivity index (χ3n) is 5.77. The third kappa shape index (κ3) is 5.05. The first-order chi connectivity index (χ1) is 16.2. The Balaban J connectivity index is 1.35. The monoisotopic (exact) mass is 463 g/mol. The van der Waals surface area contributed by atoms with Gasteiger partial charge in [0.25, 0.3) is 0 Å². The van der Waals surface area contributed by atoms with Gasteiger partial charge in [0.1, 0.15) is 24.5 Å². The molecule has 1 fully saturated rings. The molecule has 168 valence electrons. The molecule has 1 aliphatic heterocycles. The molecule has 1 atom stereocenters. The number of pyridine rings is 1. The van der Waals surface area contributed by atoms with Crippen LogP contribution in [0.25, 0.3) is 10.9 Å². The van der Waals surface area contributed by atoms with Crippen LogP contribution in [0.15, 0.2) is 60.9 Å². The topological polar surface area (TPSA) is 72.0 Å². The van der Waals surface area contributed by atoms with E-state index in [0.717, 1.165) is 35.5 Å². The van der Waals surface area contributed by atoms with Gasteiger partial charge in [0.2, 0.25) is 5.95 Å². The average molecular weight is 464 g/mol. The van der Waals surface area contributed by atoms with E-state index in [0.29, 0.717) is 22.4 Å². The number of hydrogen-bond donors (Lipinski definition) is 2. The molecule has 33 heavy (non-hydrogen) atoms. The molecule has 2 aromatic carbocycles. The van der Waals surface area contributed by atoms with Crippen LogP contribution in [0.3, 0.4) is 0 Å². The zero-order valence-corrected chi connectivity index (χ0v) is 18.6. The van der Waals surface area contributed by atoms with Crippen molar-refractivity contribution in [2.45, 2.75) is 25.4 Å². The van der Waals surface area contributed by atoms with E-state index >= 15 is 0 Å². The maximum Gasteiger partial charge on any atom is 0.213 e. The Morgan fingerprint density at radius 1 is 1.12 bits per heavy atom. The van der Waals surface area contributed by atoms with Gasteiger partial charge in [-0.15, -0.1) is 0 Å². The van der Waals surface area contributed by atoms with Gasteiger partial charge in [-0.05, 0) is 73.3 Å². The lowest BCUT2D eigenvalue weighted by Gasteiger charge is -2.23. The largest absolute Gasteiger partial charge is 0.486 e. The molecular weight excluding hydrogens is 441 g/mol. The normalized spacial score (nSPS) is 16.0. The maximum absolute atomic E-state index is 13.3. The Labute approximate surface area is 196 Å². The molecule has 1 aliphatic rings. The van der Waals surface area contributed by atoms with Crippen molar-refractivity contribution in [2.75, 3.05) is 18.4 Å². The summed E-state index contributed by atoms with van der Waals surface area (Å²) in [6.45, 7) is 2.20. The molecule has 5 rings (SSSR count). The highest BCUT2D eigenvalue weighted by molar-refractivity contribution is 6.32. The van der Waals surface area contributed by atoms with E-state index in [-0.39, 0.29) is 6.61 Å². The number of nitrogens with zero attached hydrogens (tertiary/aromatic N) is 3. The molecule has 2 aromatic heterocycles. The van der Waals surface area contributed by atoms with Gasteiger partial charge in [-0.25, -0.2) is 15.0 Å². The lowest BCUT2D eigenvalue weighted by atomic mass is 9.91.